The maximum Gasteiger partial charge on any atom is 0.509 e. The van der Waals surface area contributed by atoms with Crippen molar-refractivity contribution in [2.75, 3.05) is 13.2 Å². The van der Waals surface area contributed by atoms with Crippen LogP contribution in [0.1, 0.15) is 13.3 Å². The molecule has 0 fully saturated rings. The third kappa shape index (κ3) is 7.14. The maximum absolute atomic E-state index is 10.7. The fourth-order valence-corrected chi connectivity index (χ4v) is 0.647. The number of rotatable bonds is 5. The Balaban J connectivity index is 3.63. The summed E-state index contributed by atoms with van der Waals surface area (Å²) < 4.78 is 8.99. The Morgan fingerprint density at radius 1 is 1.47 bits per heavy atom. The molecule has 0 aliphatic rings. The molecule has 0 atom stereocenters. The number of hydrogen-bond donors (Lipinski definition) is 1. The van der Waals surface area contributed by atoms with E-state index < -0.39 is 12.1 Å². The van der Waals surface area contributed by atoms with Gasteiger partial charge in [0.25, 0.3) is 0 Å². The highest BCUT2D eigenvalue weighted by Crippen LogP contribution is 1.96. The number of terminal acetylenes is 1. The van der Waals surface area contributed by atoms with Crippen LogP contribution in [0.5, 0.6) is 0 Å². The molecule has 0 amide bonds. The second-order valence-corrected chi connectivity index (χ2v) is 2.57. The Bertz CT molecular complexity index is 297. The molecule has 1 N–H and O–H groups in total. The third-order valence-electron chi connectivity index (χ3n) is 1.40. The fraction of sp³-hybridized carbons (Fsp3) is 0.400. The van der Waals surface area contributed by atoms with Gasteiger partial charge in [-0.1, -0.05) is 12.0 Å². The molecule has 0 radical (unpaired) electrons. The molecule has 5 nitrogen and oxygen atoms in total. The van der Waals surface area contributed by atoms with Crippen molar-refractivity contribution in [1.29, 1.82) is 0 Å². The lowest BCUT2D eigenvalue weighted by atomic mass is 10.2. The van der Waals surface area contributed by atoms with E-state index in [1.807, 2.05) is 0 Å². The minimum absolute atomic E-state index is 0.0635. The SMILES string of the molecule is C#CCOC(=O)OCCC=C(C)C(=O)O. The largest absolute Gasteiger partial charge is 0.509 e. The van der Waals surface area contributed by atoms with Gasteiger partial charge < -0.3 is 14.6 Å². The van der Waals surface area contributed by atoms with Gasteiger partial charge in [-0.05, 0) is 6.92 Å². The monoisotopic (exact) mass is 212 g/mol. The summed E-state index contributed by atoms with van der Waals surface area (Å²) in [7, 11) is 0. The molecule has 5 heteroatoms. The first kappa shape index (κ1) is 13.0. The van der Waals surface area contributed by atoms with Crippen LogP contribution in [0.15, 0.2) is 11.6 Å². The number of hydrogen-bond acceptors (Lipinski definition) is 4. The van der Waals surface area contributed by atoms with Gasteiger partial charge in [-0.15, -0.1) is 6.42 Å². The van der Waals surface area contributed by atoms with Crippen molar-refractivity contribution >= 4 is 12.1 Å². The summed E-state index contributed by atoms with van der Waals surface area (Å²) in [6, 6.07) is 0. The van der Waals surface area contributed by atoms with Crippen molar-refractivity contribution in [3.05, 3.63) is 11.6 Å². The summed E-state index contributed by atoms with van der Waals surface area (Å²) in [5, 5.41) is 8.48. The summed E-state index contributed by atoms with van der Waals surface area (Å²) in [5.41, 5.74) is 0.204. The zero-order valence-electron chi connectivity index (χ0n) is 8.36. The molecule has 82 valence electrons. The van der Waals surface area contributed by atoms with Gasteiger partial charge >= 0.3 is 12.1 Å². The highest BCUT2D eigenvalue weighted by Gasteiger charge is 2.02. The molecule has 0 heterocycles. The van der Waals surface area contributed by atoms with Gasteiger partial charge in [0.2, 0.25) is 0 Å². The number of carbonyl (C=O) groups excluding carboxylic acids is 1. The lowest BCUT2D eigenvalue weighted by molar-refractivity contribution is -0.132. The van der Waals surface area contributed by atoms with Crippen molar-refractivity contribution < 1.29 is 24.2 Å². The van der Waals surface area contributed by atoms with Crippen LogP contribution < -0.4 is 0 Å². The first-order chi connectivity index (χ1) is 7.07. The second kappa shape index (κ2) is 7.44. The van der Waals surface area contributed by atoms with Gasteiger partial charge in [0.15, 0.2) is 6.61 Å². The van der Waals surface area contributed by atoms with Crippen LogP contribution in [0, 0.1) is 12.3 Å². The second-order valence-electron chi connectivity index (χ2n) is 2.57. The Kier molecular flexibility index (Phi) is 6.47. The summed E-state index contributed by atoms with van der Waals surface area (Å²) in [6.07, 6.45) is 5.77. The maximum atomic E-state index is 10.7. The first-order valence-corrected chi connectivity index (χ1v) is 4.21. The minimum atomic E-state index is -0.995. The standard InChI is InChI=1S/C10H12O5/c1-3-6-14-10(13)15-7-4-5-8(2)9(11)12/h1,5H,4,6-7H2,2H3,(H,11,12). The van der Waals surface area contributed by atoms with Crippen LogP contribution in [-0.4, -0.2) is 30.4 Å². The third-order valence-corrected chi connectivity index (χ3v) is 1.40. The van der Waals surface area contributed by atoms with Gasteiger partial charge in [0, 0.05) is 12.0 Å². The van der Waals surface area contributed by atoms with Crippen LogP contribution in [0.3, 0.4) is 0 Å². The Morgan fingerprint density at radius 2 is 2.13 bits per heavy atom. The molecular formula is C10H12O5. The molecule has 0 bridgehead atoms. The molecule has 0 aromatic heterocycles. The number of carbonyl (C=O) groups is 2. The van der Waals surface area contributed by atoms with Crippen LogP contribution in [0.4, 0.5) is 4.79 Å². The van der Waals surface area contributed by atoms with Gasteiger partial charge in [-0.25, -0.2) is 9.59 Å². The molecule has 0 saturated heterocycles. The van der Waals surface area contributed by atoms with Crippen molar-refractivity contribution in [3.63, 3.8) is 0 Å². The van der Waals surface area contributed by atoms with Crippen LogP contribution in [-0.2, 0) is 14.3 Å². The molecule has 0 unspecified atom stereocenters. The molecule has 0 aromatic carbocycles. The smallest absolute Gasteiger partial charge is 0.478 e. The van der Waals surface area contributed by atoms with Crippen LogP contribution in [0.25, 0.3) is 0 Å². The molecule has 0 aliphatic heterocycles. The van der Waals surface area contributed by atoms with E-state index in [2.05, 4.69) is 15.4 Å². The summed E-state index contributed by atoms with van der Waals surface area (Å²) in [5.74, 6) is 1.11. The van der Waals surface area contributed by atoms with E-state index in [4.69, 9.17) is 11.5 Å². The predicted octanol–water partition coefficient (Wildman–Crippen LogP) is 1.19. The molecule has 0 aromatic rings. The highest BCUT2D eigenvalue weighted by molar-refractivity contribution is 5.85. The van der Waals surface area contributed by atoms with Crippen LogP contribution >= 0.6 is 0 Å². The number of aliphatic carboxylic acids is 1. The molecule has 0 rings (SSSR count). The Morgan fingerprint density at radius 3 is 2.67 bits per heavy atom. The average molecular weight is 212 g/mol. The Labute approximate surface area is 87.7 Å². The Hall–Kier alpha value is -1.96. The molecule has 0 spiro atoms. The molecular weight excluding hydrogens is 200 g/mol. The normalized spacial score (nSPS) is 10.3. The number of ether oxygens (including phenoxy) is 2. The van der Waals surface area contributed by atoms with E-state index >= 15 is 0 Å². The molecule has 15 heavy (non-hydrogen) atoms. The van der Waals surface area contributed by atoms with E-state index in [0.29, 0.717) is 6.42 Å². The quantitative estimate of drug-likeness (QED) is 0.321. The van der Waals surface area contributed by atoms with E-state index in [9.17, 15) is 9.59 Å². The average Bonchev–Trinajstić information content (AvgIpc) is 2.20. The first-order valence-electron chi connectivity index (χ1n) is 4.21. The van der Waals surface area contributed by atoms with Gasteiger partial charge in [-0.2, -0.15) is 0 Å². The summed E-state index contributed by atoms with van der Waals surface area (Å²) in [4.78, 5) is 21.0. The highest BCUT2D eigenvalue weighted by atomic mass is 16.7. The van der Waals surface area contributed by atoms with Gasteiger partial charge in [-0.3, -0.25) is 0 Å². The number of carboxylic acids is 1. The molecule has 0 aliphatic carbocycles. The summed E-state index contributed by atoms with van der Waals surface area (Å²) in [6.45, 7) is 1.38. The topological polar surface area (TPSA) is 72.8 Å². The zero-order chi connectivity index (χ0) is 11.7. The van der Waals surface area contributed by atoms with E-state index in [-0.39, 0.29) is 18.8 Å². The lowest BCUT2D eigenvalue weighted by Gasteiger charge is -2.01. The van der Waals surface area contributed by atoms with Gasteiger partial charge in [0.05, 0.1) is 6.61 Å². The number of carboxylic acid groups (broad SMARTS) is 1. The fourth-order valence-electron chi connectivity index (χ4n) is 0.647. The van der Waals surface area contributed by atoms with E-state index in [1.54, 1.807) is 0 Å². The van der Waals surface area contributed by atoms with E-state index in [0.717, 1.165) is 0 Å². The van der Waals surface area contributed by atoms with E-state index in [1.165, 1.54) is 13.0 Å². The van der Waals surface area contributed by atoms with Gasteiger partial charge in [0.1, 0.15) is 0 Å². The summed E-state index contributed by atoms with van der Waals surface area (Å²) >= 11 is 0. The van der Waals surface area contributed by atoms with Crippen molar-refractivity contribution in [3.8, 4) is 12.3 Å². The van der Waals surface area contributed by atoms with Crippen molar-refractivity contribution in [1.82, 2.24) is 0 Å². The lowest BCUT2D eigenvalue weighted by Crippen LogP contribution is -2.08. The molecule has 0 saturated carbocycles. The van der Waals surface area contributed by atoms with Crippen LogP contribution in [0.2, 0.25) is 0 Å². The van der Waals surface area contributed by atoms with Crippen molar-refractivity contribution in [2.24, 2.45) is 0 Å². The van der Waals surface area contributed by atoms with Crippen molar-refractivity contribution in [2.45, 2.75) is 13.3 Å². The predicted molar refractivity (Wildman–Crippen MR) is 52.1 cm³/mol. The minimum Gasteiger partial charge on any atom is -0.478 e. The zero-order valence-corrected chi connectivity index (χ0v) is 8.36.